The number of rotatable bonds is 44. The van der Waals surface area contributed by atoms with E-state index >= 15 is 0 Å². The van der Waals surface area contributed by atoms with Gasteiger partial charge in [0.15, 0.2) is 12.4 Å². The Kier molecular flexibility index (Phi) is 40.9. The number of ether oxygens (including phenoxy) is 4. The zero-order chi connectivity index (χ0) is 49.8. The van der Waals surface area contributed by atoms with E-state index < -0.39 is 71.2 Å². The summed E-state index contributed by atoms with van der Waals surface area (Å²) in [6.07, 6.45) is 48.2. The molecule has 1 saturated heterocycles. The molecule has 1 heterocycles. The molecule has 1 fully saturated rings. The maximum absolute atomic E-state index is 12.8. The second-order valence-electron chi connectivity index (χ2n) is 18.2. The molecule has 0 aromatic rings. The average molecular weight is 979 g/mol. The third-order valence-corrected chi connectivity index (χ3v) is 12.6. The Balaban J connectivity index is 2.40. The maximum Gasteiger partial charge on any atom is 0.306 e. The van der Waals surface area contributed by atoms with Crippen molar-refractivity contribution in [1.29, 1.82) is 0 Å². The van der Waals surface area contributed by atoms with E-state index in [2.05, 4.69) is 74.6 Å². The molecule has 6 atom stereocenters. The molecule has 1 rings (SSSR count). The highest BCUT2D eigenvalue weighted by molar-refractivity contribution is 7.85. The average Bonchev–Trinajstić information content (AvgIpc) is 3.31. The predicted molar refractivity (Wildman–Crippen MR) is 275 cm³/mol. The second kappa shape index (κ2) is 44.1. The van der Waals surface area contributed by atoms with E-state index in [1.54, 1.807) is 0 Å². The van der Waals surface area contributed by atoms with Crippen molar-refractivity contribution < 1.29 is 56.8 Å². The van der Waals surface area contributed by atoms with E-state index in [-0.39, 0.29) is 19.4 Å². The van der Waals surface area contributed by atoms with Gasteiger partial charge in [-0.25, -0.2) is 0 Å². The largest absolute Gasteiger partial charge is 0.462 e. The number of carbonyl (C=O) groups excluding carboxylic acids is 2. The van der Waals surface area contributed by atoms with Gasteiger partial charge in [-0.05, 0) is 51.4 Å². The summed E-state index contributed by atoms with van der Waals surface area (Å²) >= 11 is 0. The van der Waals surface area contributed by atoms with Gasteiger partial charge >= 0.3 is 11.9 Å². The molecule has 0 amide bonds. The molecule has 0 saturated carbocycles. The Morgan fingerprint density at radius 3 is 1.35 bits per heavy atom. The van der Waals surface area contributed by atoms with Gasteiger partial charge < -0.3 is 34.3 Å². The van der Waals surface area contributed by atoms with Crippen molar-refractivity contribution in [2.75, 3.05) is 19.0 Å². The number of aliphatic hydroxyl groups excluding tert-OH is 3. The van der Waals surface area contributed by atoms with Gasteiger partial charge in [-0.1, -0.05) is 215 Å². The number of hydrogen-bond donors (Lipinski definition) is 4. The van der Waals surface area contributed by atoms with Gasteiger partial charge in [-0.2, -0.15) is 8.42 Å². The zero-order valence-electron chi connectivity index (χ0n) is 42.2. The van der Waals surface area contributed by atoms with Crippen LogP contribution in [0.5, 0.6) is 0 Å². The molecule has 1 aliphatic heterocycles. The number of aliphatic hydroxyl groups is 3. The molecule has 0 bridgehead atoms. The van der Waals surface area contributed by atoms with Crippen molar-refractivity contribution in [3.63, 3.8) is 0 Å². The van der Waals surface area contributed by atoms with Gasteiger partial charge in [0.25, 0.3) is 10.1 Å². The van der Waals surface area contributed by atoms with Crippen LogP contribution in [0.3, 0.4) is 0 Å². The minimum absolute atomic E-state index is 0.0376. The topological polar surface area (TPSA) is 186 Å². The van der Waals surface area contributed by atoms with E-state index in [9.17, 15) is 37.9 Å². The van der Waals surface area contributed by atoms with Crippen LogP contribution >= 0.6 is 0 Å². The minimum atomic E-state index is -4.62. The molecular weight excluding hydrogens is 885 g/mol. The molecule has 4 N–H and O–H groups in total. The van der Waals surface area contributed by atoms with E-state index in [4.69, 9.17) is 18.9 Å². The maximum atomic E-state index is 12.8. The van der Waals surface area contributed by atoms with Crippen LogP contribution in [0, 0.1) is 0 Å². The Hall–Kier alpha value is -2.91. The first-order chi connectivity index (χ1) is 33.0. The highest BCUT2D eigenvalue weighted by atomic mass is 32.2. The lowest BCUT2D eigenvalue weighted by Crippen LogP contribution is -2.60. The third kappa shape index (κ3) is 37.9. The Labute approximate surface area is 412 Å². The molecule has 6 unspecified atom stereocenters. The summed E-state index contributed by atoms with van der Waals surface area (Å²) in [6, 6.07) is 0. The number of unbranched alkanes of at least 4 members (excludes halogenated alkanes) is 20. The molecule has 0 aromatic heterocycles. The smallest absolute Gasteiger partial charge is 0.306 e. The molecule has 13 heteroatoms. The molecule has 68 heavy (non-hydrogen) atoms. The van der Waals surface area contributed by atoms with Gasteiger partial charge in [-0.15, -0.1) is 0 Å². The number of esters is 2. The summed E-state index contributed by atoms with van der Waals surface area (Å²) in [5.41, 5.74) is 0. The lowest BCUT2D eigenvalue weighted by atomic mass is 10.00. The predicted octanol–water partition coefficient (Wildman–Crippen LogP) is 12.2. The fourth-order valence-electron chi connectivity index (χ4n) is 7.76. The van der Waals surface area contributed by atoms with E-state index in [1.165, 1.54) is 109 Å². The van der Waals surface area contributed by atoms with E-state index in [0.29, 0.717) is 19.3 Å². The highest BCUT2D eigenvalue weighted by Crippen LogP contribution is 2.24. The van der Waals surface area contributed by atoms with E-state index in [1.807, 2.05) is 12.2 Å². The second-order valence-corrected chi connectivity index (χ2v) is 19.7. The summed E-state index contributed by atoms with van der Waals surface area (Å²) in [5, 5.41) is 31.0. The van der Waals surface area contributed by atoms with Crippen molar-refractivity contribution >= 4 is 22.1 Å². The lowest BCUT2D eigenvalue weighted by molar-refractivity contribution is -0.297. The van der Waals surface area contributed by atoms with Crippen molar-refractivity contribution in [1.82, 2.24) is 0 Å². The number of allylic oxidation sites excluding steroid dienone is 12. The van der Waals surface area contributed by atoms with Crippen LogP contribution in [0.4, 0.5) is 0 Å². The molecule has 0 aromatic carbocycles. The summed E-state index contributed by atoms with van der Waals surface area (Å²) in [7, 11) is -4.62. The Morgan fingerprint density at radius 1 is 0.515 bits per heavy atom. The van der Waals surface area contributed by atoms with Gasteiger partial charge in [0.2, 0.25) is 0 Å². The summed E-state index contributed by atoms with van der Waals surface area (Å²) in [4.78, 5) is 25.5. The highest BCUT2D eigenvalue weighted by Gasteiger charge is 2.46. The Bertz CT molecular complexity index is 1520. The van der Waals surface area contributed by atoms with Crippen molar-refractivity contribution in [2.24, 2.45) is 0 Å². The fourth-order valence-corrected chi connectivity index (χ4v) is 8.45. The van der Waals surface area contributed by atoms with Crippen LogP contribution < -0.4 is 0 Å². The molecule has 0 spiro atoms. The van der Waals surface area contributed by atoms with Crippen LogP contribution in [0.25, 0.3) is 0 Å². The first-order valence-corrected chi connectivity index (χ1v) is 28.1. The van der Waals surface area contributed by atoms with Crippen LogP contribution in [0.2, 0.25) is 0 Å². The molecule has 0 radical (unpaired) electrons. The SMILES string of the molecule is CC/C=C\C/C=C\C/C=C\C/C=C\C/C=C\C/C=C\CCC(=O)OC(COC(=O)CCCCCCCCCCCCCCCCCCCCCCC)COC1OC(CS(=O)(=O)O)C(O)C(O)C1O. The zero-order valence-corrected chi connectivity index (χ0v) is 43.0. The van der Waals surface area contributed by atoms with Crippen molar-refractivity contribution in [2.45, 2.75) is 243 Å². The molecule has 0 aliphatic carbocycles. The van der Waals surface area contributed by atoms with Crippen LogP contribution in [-0.2, 0) is 38.7 Å². The van der Waals surface area contributed by atoms with Gasteiger partial charge in [0.05, 0.1) is 6.61 Å². The number of carbonyl (C=O) groups is 2. The standard InChI is InChI=1S/C55H94O12S/c1-3-5-7-9-11-13-15-17-19-21-23-24-26-27-29-31-33-35-37-39-41-43-50(56)64-45-48(46-65-55-54(60)53(59)52(58)49(67-55)47-68(61,62)63)66-51(57)44-42-40-38-36-34-32-30-28-25-22-20-18-16-14-12-10-8-6-4-2/h6,8,12,14,18,20,25,28,32,34,38,40,48-49,52-55,58-60H,3-5,7,9-11,13,15-17,19,21-24,26-27,29-31,33,35-37,39,41-47H2,1-2H3,(H,61,62,63)/b8-6-,14-12-,20-18-,28-25-,34-32-,40-38-. The minimum Gasteiger partial charge on any atom is -0.462 e. The van der Waals surface area contributed by atoms with Crippen LogP contribution in [0.1, 0.15) is 206 Å². The molecule has 12 nitrogen and oxygen atoms in total. The first kappa shape index (κ1) is 63.1. The fraction of sp³-hybridized carbons (Fsp3) is 0.745. The first-order valence-electron chi connectivity index (χ1n) is 26.5. The monoisotopic (exact) mass is 979 g/mol. The molecular formula is C55H94O12S. The Morgan fingerprint density at radius 2 is 0.926 bits per heavy atom. The third-order valence-electron chi connectivity index (χ3n) is 11.8. The summed E-state index contributed by atoms with van der Waals surface area (Å²) < 4.78 is 54.2. The van der Waals surface area contributed by atoms with Gasteiger partial charge in [0, 0.05) is 12.8 Å². The lowest BCUT2D eigenvalue weighted by Gasteiger charge is -2.40. The molecule has 1 aliphatic rings. The molecule has 392 valence electrons. The van der Waals surface area contributed by atoms with Crippen LogP contribution in [0.15, 0.2) is 72.9 Å². The number of hydrogen-bond acceptors (Lipinski definition) is 11. The normalized spacial score (nSPS) is 19.8. The van der Waals surface area contributed by atoms with Crippen molar-refractivity contribution in [3.05, 3.63) is 72.9 Å². The van der Waals surface area contributed by atoms with E-state index in [0.717, 1.165) is 51.4 Å². The summed E-state index contributed by atoms with van der Waals surface area (Å²) in [6.45, 7) is 3.61. The van der Waals surface area contributed by atoms with Gasteiger partial charge in [-0.3, -0.25) is 14.1 Å². The van der Waals surface area contributed by atoms with Crippen molar-refractivity contribution in [3.8, 4) is 0 Å². The summed E-state index contributed by atoms with van der Waals surface area (Å²) in [5.74, 6) is -2.09. The quantitative estimate of drug-likeness (QED) is 0.0196. The van der Waals surface area contributed by atoms with Crippen LogP contribution in [-0.4, -0.2) is 96.0 Å². The van der Waals surface area contributed by atoms with Gasteiger partial charge in [0.1, 0.15) is 36.8 Å².